The van der Waals surface area contributed by atoms with Crippen molar-refractivity contribution in [2.45, 2.75) is 36.9 Å². The molecule has 0 saturated heterocycles. The predicted octanol–water partition coefficient (Wildman–Crippen LogP) is 1.16. The molecular weight excluding hydrogens is 302 g/mol. The summed E-state index contributed by atoms with van der Waals surface area (Å²) in [5.74, 6) is 0.158. The standard InChI is InChI=1S/C15H19N3O3S/c19-9-10-22(20,21)15-16-11-18(17-15)8-7-13-6-5-12-3-1-2-4-14(12)13/h1-4,11,13,19H,5-10H2. The van der Waals surface area contributed by atoms with E-state index < -0.39 is 16.4 Å². The first-order chi connectivity index (χ1) is 10.6. The Bertz CT molecular complexity index is 755. The number of aliphatic hydroxyl groups excluding tert-OH is 1. The lowest BCUT2D eigenvalue weighted by Crippen LogP contribution is -2.12. The fraction of sp³-hybridized carbons (Fsp3) is 0.467. The number of hydrogen-bond donors (Lipinski definition) is 1. The van der Waals surface area contributed by atoms with Crippen molar-refractivity contribution >= 4 is 9.84 Å². The van der Waals surface area contributed by atoms with Gasteiger partial charge in [0.15, 0.2) is 0 Å². The number of benzene rings is 1. The van der Waals surface area contributed by atoms with Crippen LogP contribution in [0.25, 0.3) is 0 Å². The van der Waals surface area contributed by atoms with Crippen LogP contribution in [0.2, 0.25) is 0 Å². The molecule has 0 aliphatic heterocycles. The lowest BCUT2D eigenvalue weighted by Gasteiger charge is -2.10. The molecule has 7 heteroatoms. The maximum atomic E-state index is 11.8. The summed E-state index contributed by atoms with van der Waals surface area (Å²) in [4.78, 5) is 3.85. The van der Waals surface area contributed by atoms with Crippen molar-refractivity contribution in [2.75, 3.05) is 12.4 Å². The van der Waals surface area contributed by atoms with Crippen molar-refractivity contribution in [3.8, 4) is 0 Å². The average molecular weight is 321 g/mol. The minimum Gasteiger partial charge on any atom is -0.395 e. The van der Waals surface area contributed by atoms with Crippen LogP contribution in [0.1, 0.15) is 29.9 Å². The number of hydrogen-bond acceptors (Lipinski definition) is 5. The summed E-state index contributed by atoms with van der Waals surface area (Å²) in [6.07, 6.45) is 4.60. The minimum absolute atomic E-state index is 0.201. The molecule has 22 heavy (non-hydrogen) atoms. The van der Waals surface area contributed by atoms with Gasteiger partial charge < -0.3 is 5.11 Å². The smallest absolute Gasteiger partial charge is 0.266 e. The van der Waals surface area contributed by atoms with Crippen LogP contribution < -0.4 is 0 Å². The van der Waals surface area contributed by atoms with Gasteiger partial charge in [0, 0.05) is 6.54 Å². The maximum Gasteiger partial charge on any atom is 0.266 e. The van der Waals surface area contributed by atoms with Gasteiger partial charge in [-0.25, -0.2) is 13.4 Å². The minimum atomic E-state index is -3.57. The molecule has 1 atom stereocenters. The molecule has 0 amide bonds. The molecule has 1 aromatic heterocycles. The third kappa shape index (κ3) is 3.05. The molecule has 1 N–H and O–H groups in total. The molecule has 3 rings (SSSR count). The van der Waals surface area contributed by atoms with Crippen LogP contribution in [-0.4, -0.2) is 40.6 Å². The number of rotatable bonds is 6. The number of aromatic nitrogens is 3. The van der Waals surface area contributed by atoms with E-state index >= 15 is 0 Å². The maximum absolute atomic E-state index is 11.8. The van der Waals surface area contributed by atoms with Gasteiger partial charge in [0.25, 0.3) is 5.16 Å². The topological polar surface area (TPSA) is 85.1 Å². The molecule has 0 saturated carbocycles. The predicted molar refractivity (Wildman–Crippen MR) is 81.3 cm³/mol. The van der Waals surface area contributed by atoms with Crippen LogP contribution in [0.4, 0.5) is 0 Å². The number of aryl methyl sites for hydroxylation is 2. The summed E-state index contributed by atoms with van der Waals surface area (Å²) in [5.41, 5.74) is 2.81. The Labute approximate surface area is 129 Å². The molecule has 1 heterocycles. The van der Waals surface area contributed by atoms with Crippen molar-refractivity contribution < 1.29 is 13.5 Å². The van der Waals surface area contributed by atoms with Crippen molar-refractivity contribution in [3.05, 3.63) is 41.7 Å². The van der Waals surface area contributed by atoms with Gasteiger partial charge in [-0.05, 0) is 36.3 Å². The Morgan fingerprint density at radius 3 is 2.95 bits per heavy atom. The molecule has 1 aliphatic carbocycles. The van der Waals surface area contributed by atoms with Crippen LogP contribution in [-0.2, 0) is 22.8 Å². The highest BCUT2D eigenvalue weighted by Gasteiger charge is 2.22. The molecule has 6 nitrogen and oxygen atoms in total. The molecular formula is C15H19N3O3S. The van der Waals surface area contributed by atoms with Gasteiger partial charge in [0.05, 0.1) is 12.4 Å². The second kappa shape index (κ2) is 6.18. The van der Waals surface area contributed by atoms with E-state index in [1.807, 2.05) is 0 Å². The lowest BCUT2D eigenvalue weighted by atomic mass is 9.98. The van der Waals surface area contributed by atoms with Gasteiger partial charge >= 0.3 is 0 Å². The van der Waals surface area contributed by atoms with E-state index in [2.05, 4.69) is 34.3 Å². The van der Waals surface area contributed by atoms with Crippen molar-refractivity contribution in [1.29, 1.82) is 0 Å². The summed E-state index contributed by atoms with van der Waals surface area (Å²) in [6, 6.07) is 8.47. The van der Waals surface area contributed by atoms with Gasteiger partial charge in [-0.1, -0.05) is 24.3 Å². The SMILES string of the molecule is O=S(=O)(CCO)c1ncn(CCC2CCc3ccccc32)n1. The zero-order valence-electron chi connectivity index (χ0n) is 12.2. The largest absolute Gasteiger partial charge is 0.395 e. The average Bonchev–Trinajstić information content (AvgIpc) is 3.12. The fourth-order valence-corrected chi connectivity index (χ4v) is 3.83. The summed E-state index contributed by atoms with van der Waals surface area (Å²) in [6.45, 7) is 0.219. The van der Waals surface area contributed by atoms with E-state index in [4.69, 9.17) is 5.11 Å². The third-order valence-corrected chi connectivity index (χ3v) is 5.58. The Kier molecular flexibility index (Phi) is 4.26. The van der Waals surface area contributed by atoms with Crippen LogP contribution in [0, 0.1) is 0 Å². The fourth-order valence-electron chi connectivity index (χ4n) is 2.97. The molecule has 1 aromatic carbocycles. The molecule has 2 aromatic rings. The monoisotopic (exact) mass is 321 g/mol. The van der Waals surface area contributed by atoms with Crippen LogP contribution >= 0.6 is 0 Å². The summed E-state index contributed by atoms with van der Waals surface area (Å²) in [7, 11) is -3.57. The third-order valence-electron chi connectivity index (χ3n) is 4.12. The van der Waals surface area contributed by atoms with Crippen molar-refractivity contribution in [2.24, 2.45) is 0 Å². The first kappa shape index (κ1) is 15.2. The summed E-state index contributed by atoms with van der Waals surface area (Å²) >= 11 is 0. The van der Waals surface area contributed by atoms with E-state index in [9.17, 15) is 8.42 Å². The van der Waals surface area contributed by atoms with Gasteiger partial charge in [-0.2, -0.15) is 0 Å². The normalized spacial score (nSPS) is 17.6. The zero-order valence-corrected chi connectivity index (χ0v) is 13.0. The molecule has 0 bridgehead atoms. The quantitative estimate of drug-likeness (QED) is 0.863. The molecule has 118 valence electrons. The Balaban J connectivity index is 1.65. The number of fused-ring (bicyclic) bond motifs is 1. The molecule has 0 radical (unpaired) electrons. The number of aliphatic hydroxyl groups is 1. The van der Waals surface area contributed by atoms with E-state index in [1.165, 1.54) is 17.5 Å². The summed E-state index contributed by atoms with van der Waals surface area (Å²) in [5, 5.41) is 12.6. The Morgan fingerprint density at radius 1 is 1.32 bits per heavy atom. The second-order valence-electron chi connectivity index (χ2n) is 5.56. The van der Waals surface area contributed by atoms with Gasteiger partial charge in [0.2, 0.25) is 9.84 Å². The van der Waals surface area contributed by atoms with Crippen LogP contribution in [0.15, 0.2) is 35.7 Å². The molecule has 0 fully saturated rings. The number of sulfone groups is 1. The highest BCUT2D eigenvalue weighted by atomic mass is 32.2. The highest BCUT2D eigenvalue weighted by molar-refractivity contribution is 7.91. The first-order valence-electron chi connectivity index (χ1n) is 7.41. The molecule has 1 aliphatic rings. The second-order valence-corrected chi connectivity index (χ2v) is 7.56. The van der Waals surface area contributed by atoms with Crippen LogP contribution in [0.3, 0.4) is 0 Å². The van der Waals surface area contributed by atoms with Gasteiger partial charge in [-0.3, -0.25) is 4.68 Å². The van der Waals surface area contributed by atoms with E-state index in [1.54, 1.807) is 4.68 Å². The Morgan fingerprint density at radius 2 is 2.14 bits per heavy atom. The van der Waals surface area contributed by atoms with Crippen LogP contribution in [0.5, 0.6) is 0 Å². The van der Waals surface area contributed by atoms with Gasteiger partial charge in [0.1, 0.15) is 6.33 Å². The van der Waals surface area contributed by atoms with E-state index in [-0.39, 0.29) is 10.9 Å². The first-order valence-corrected chi connectivity index (χ1v) is 9.06. The van der Waals surface area contributed by atoms with Gasteiger partial charge in [-0.15, -0.1) is 5.10 Å². The molecule has 0 spiro atoms. The summed E-state index contributed by atoms with van der Waals surface area (Å²) < 4.78 is 25.1. The Hall–Kier alpha value is -1.73. The number of nitrogens with zero attached hydrogens (tertiary/aromatic N) is 3. The lowest BCUT2D eigenvalue weighted by molar-refractivity contribution is 0.319. The zero-order chi connectivity index (χ0) is 15.6. The molecule has 1 unspecified atom stereocenters. The van der Waals surface area contributed by atoms with E-state index in [0.29, 0.717) is 12.5 Å². The highest BCUT2D eigenvalue weighted by Crippen LogP contribution is 2.35. The van der Waals surface area contributed by atoms with Crippen molar-refractivity contribution in [1.82, 2.24) is 14.8 Å². The van der Waals surface area contributed by atoms with Crippen molar-refractivity contribution in [3.63, 3.8) is 0 Å². The van der Waals surface area contributed by atoms with E-state index in [0.717, 1.165) is 19.3 Å².